The summed E-state index contributed by atoms with van der Waals surface area (Å²) < 4.78 is 3.29. The van der Waals surface area contributed by atoms with Crippen LogP contribution in [0.4, 0.5) is 0 Å². The number of nitrogens with zero attached hydrogens (tertiary/aromatic N) is 5. The van der Waals surface area contributed by atoms with Gasteiger partial charge in [0.2, 0.25) is 0 Å². The van der Waals surface area contributed by atoms with Crippen molar-refractivity contribution in [3.05, 3.63) is 57.1 Å². The van der Waals surface area contributed by atoms with Gasteiger partial charge >= 0.3 is 0 Å². The molecule has 0 saturated carbocycles. The van der Waals surface area contributed by atoms with Crippen LogP contribution in [0.15, 0.2) is 35.4 Å². The molecule has 0 atom stereocenters. The van der Waals surface area contributed by atoms with Gasteiger partial charge in [-0.3, -0.25) is 9.48 Å². The molecule has 0 aliphatic heterocycles. The molecule has 3 aromatic heterocycles. The third kappa shape index (κ3) is 2.35. The average Bonchev–Trinajstić information content (AvgIpc) is 3.32. The van der Waals surface area contributed by atoms with Gasteiger partial charge in [0, 0.05) is 19.4 Å². The standard InChI is InChI=1S/C18H15ClN6O/c1-24-6-5-14(22-24)17-20-16-12(18(26)21-17)9-25(23-16)15-8-11-4-2-3-10(11)7-13(15)19/h5-9H,2-4H2,1H3,(H,20,21,23,26). The lowest BCUT2D eigenvalue weighted by atomic mass is 10.1. The van der Waals surface area contributed by atoms with E-state index in [4.69, 9.17) is 11.6 Å². The van der Waals surface area contributed by atoms with Gasteiger partial charge in [0.25, 0.3) is 5.56 Å². The summed E-state index contributed by atoms with van der Waals surface area (Å²) in [5, 5.41) is 9.81. The van der Waals surface area contributed by atoms with Crippen molar-refractivity contribution in [3.8, 4) is 17.2 Å². The molecular weight excluding hydrogens is 352 g/mol. The summed E-state index contributed by atoms with van der Waals surface area (Å²) in [6.45, 7) is 0. The zero-order valence-electron chi connectivity index (χ0n) is 14.0. The van der Waals surface area contributed by atoms with Crippen LogP contribution in [0.2, 0.25) is 5.02 Å². The number of aryl methyl sites for hydroxylation is 3. The molecule has 4 aromatic rings. The van der Waals surface area contributed by atoms with Gasteiger partial charge < -0.3 is 4.98 Å². The van der Waals surface area contributed by atoms with Crippen molar-refractivity contribution in [2.24, 2.45) is 7.05 Å². The Bertz CT molecular complexity index is 1220. The predicted octanol–water partition coefficient (Wildman–Crippen LogP) is 2.65. The van der Waals surface area contributed by atoms with Gasteiger partial charge in [0.15, 0.2) is 11.5 Å². The van der Waals surface area contributed by atoms with Gasteiger partial charge in [-0.25, -0.2) is 9.67 Å². The molecule has 26 heavy (non-hydrogen) atoms. The molecule has 3 heterocycles. The Morgan fingerprint density at radius 1 is 1.19 bits per heavy atom. The van der Waals surface area contributed by atoms with Crippen LogP contribution in [-0.4, -0.2) is 29.5 Å². The van der Waals surface area contributed by atoms with Gasteiger partial charge in [-0.15, -0.1) is 5.10 Å². The first-order valence-electron chi connectivity index (χ1n) is 8.40. The van der Waals surface area contributed by atoms with Crippen LogP contribution in [0.1, 0.15) is 17.5 Å². The van der Waals surface area contributed by atoms with E-state index in [9.17, 15) is 4.79 Å². The summed E-state index contributed by atoms with van der Waals surface area (Å²) >= 11 is 6.46. The number of halogens is 1. The van der Waals surface area contributed by atoms with E-state index in [-0.39, 0.29) is 5.56 Å². The Balaban J connectivity index is 1.67. The molecule has 130 valence electrons. The van der Waals surface area contributed by atoms with Crippen molar-refractivity contribution < 1.29 is 0 Å². The summed E-state index contributed by atoms with van der Waals surface area (Å²) in [5.74, 6) is 0.397. The highest BCUT2D eigenvalue weighted by Gasteiger charge is 2.17. The van der Waals surface area contributed by atoms with E-state index < -0.39 is 0 Å². The molecule has 0 amide bonds. The minimum atomic E-state index is -0.251. The second kappa shape index (κ2) is 5.54. The molecule has 1 aromatic carbocycles. The van der Waals surface area contributed by atoms with Crippen LogP contribution in [-0.2, 0) is 19.9 Å². The number of hydrogen-bond acceptors (Lipinski definition) is 4. The zero-order chi connectivity index (χ0) is 17.8. The number of aromatic amines is 1. The molecule has 0 bridgehead atoms. The van der Waals surface area contributed by atoms with E-state index in [1.807, 2.05) is 13.1 Å². The summed E-state index contributed by atoms with van der Waals surface area (Å²) in [4.78, 5) is 19.7. The van der Waals surface area contributed by atoms with Crippen LogP contribution in [0.25, 0.3) is 28.2 Å². The van der Waals surface area contributed by atoms with Crippen molar-refractivity contribution in [2.45, 2.75) is 19.3 Å². The maximum atomic E-state index is 12.5. The van der Waals surface area contributed by atoms with Crippen molar-refractivity contribution in [2.75, 3.05) is 0 Å². The number of H-pyrrole nitrogens is 1. The second-order valence-electron chi connectivity index (χ2n) is 6.53. The van der Waals surface area contributed by atoms with Gasteiger partial charge in [-0.05, 0) is 48.6 Å². The smallest absolute Gasteiger partial charge is 0.262 e. The lowest BCUT2D eigenvalue weighted by Gasteiger charge is -2.07. The van der Waals surface area contributed by atoms with Crippen LogP contribution < -0.4 is 5.56 Å². The maximum absolute atomic E-state index is 12.5. The lowest BCUT2D eigenvalue weighted by Crippen LogP contribution is -2.08. The van der Waals surface area contributed by atoms with E-state index in [2.05, 4.69) is 26.2 Å². The molecule has 0 fully saturated rings. The van der Waals surface area contributed by atoms with E-state index >= 15 is 0 Å². The maximum Gasteiger partial charge on any atom is 0.262 e. The fraction of sp³-hybridized carbons (Fsp3) is 0.222. The van der Waals surface area contributed by atoms with Gasteiger partial charge in [-0.2, -0.15) is 5.10 Å². The molecular formula is C18H15ClN6O. The minimum Gasteiger partial charge on any atom is -0.304 e. The highest BCUT2D eigenvalue weighted by molar-refractivity contribution is 6.32. The fourth-order valence-electron chi connectivity index (χ4n) is 3.46. The second-order valence-corrected chi connectivity index (χ2v) is 6.93. The van der Waals surface area contributed by atoms with E-state index in [1.165, 1.54) is 11.1 Å². The number of rotatable bonds is 2. The van der Waals surface area contributed by atoms with Crippen LogP contribution >= 0.6 is 11.6 Å². The summed E-state index contributed by atoms with van der Waals surface area (Å²) in [5.41, 5.74) is 4.06. The Hall–Kier alpha value is -2.93. The molecule has 5 rings (SSSR count). The molecule has 0 saturated heterocycles. The van der Waals surface area contributed by atoms with Crippen molar-refractivity contribution in [3.63, 3.8) is 0 Å². The number of nitrogens with one attached hydrogen (secondary N) is 1. The van der Waals surface area contributed by atoms with E-state index in [0.29, 0.717) is 27.6 Å². The van der Waals surface area contributed by atoms with Crippen molar-refractivity contribution >= 4 is 22.6 Å². The largest absolute Gasteiger partial charge is 0.304 e. The number of hydrogen-bond donors (Lipinski definition) is 1. The summed E-state index contributed by atoms with van der Waals surface area (Å²) in [6, 6.07) is 5.85. The van der Waals surface area contributed by atoms with Crippen LogP contribution in [0, 0.1) is 0 Å². The molecule has 1 N–H and O–H groups in total. The third-order valence-electron chi connectivity index (χ3n) is 4.75. The Morgan fingerprint density at radius 3 is 2.77 bits per heavy atom. The molecule has 0 spiro atoms. The van der Waals surface area contributed by atoms with Gasteiger partial charge in [-0.1, -0.05) is 11.6 Å². The fourth-order valence-corrected chi connectivity index (χ4v) is 3.73. The first-order valence-corrected chi connectivity index (χ1v) is 8.78. The Morgan fingerprint density at radius 2 is 2.00 bits per heavy atom. The number of benzene rings is 1. The van der Waals surface area contributed by atoms with Crippen LogP contribution in [0.5, 0.6) is 0 Å². The first kappa shape index (κ1) is 15.3. The quantitative estimate of drug-likeness (QED) is 0.591. The summed E-state index contributed by atoms with van der Waals surface area (Å²) in [6.07, 6.45) is 6.72. The van der Waals surface area contributed by atoms with Gasteiger partial charge in [0.05, 0.1) is 10.7 Å². The predicted molar refractivity (Wildman–Crippen MR) is 98.7 cm³/mol. The highest BCUT2D eigenvalue weighted by atomic mass is 35.5. The van der Waals surface area contributed by atoms with Crippen LogP contribution in [0.3, 0.4) is 0 Å². The monoisotopic (exact) mass is 366 g/mol. The Kier molecular flexibility index (Phi) is 3.27. The normalized spacial score (nSPS) is 13.5. The third-order valence-corrected chi connectivity index (χ3v) is 5.06. The molecule has 8 heteroatoms. The minimum absolute atomic E-state index is 0.251. The molecule has 0 unspecified atom stereocenters. The molecule has 1 aliphatic carbocycles. The van der Waals surface area contributed by atoms with Crippen molar-refractivity contribution in [1.29, 1.82) is 0 Å². The SMILES string of the molecule is Cn1ccc(-c2nc3nn(-c4cc5c(cc4Cl)CCC5)cc3c(=O)[nH]2)n1. The molecule has 7 nitrogen and oxygen atoms in total. The first-order chi connectivity index (χ1) is 12.6. The molecule has 1 aliphatic rings. The number of fused-ring (bicyclic) bond motifs is 2. The van der Waals surface area contributed by atoms with E-state index in [0.717, 1.165) is 24.9 Å². The molecule has 0 radical (unpaired) electrons. The highest BCUT2D eigenvalue weighted by Crippen LogP contribution is 2.30. The van der Waals surface area contributed by atoms with E-state index in [1.54, 1.807) is 27.8 Å². The van der Waals surface area contributed by atoms with Crippen molar-refractivity contribution in [1.82, 2.24) is 29.5 Å². The number of aromatic nitrogens is 6. The van der Waals surface area contributed by atoms with Gasteiger partial charge in [0.1, 0.15) is 11.1 Å². The Labute approximate surface area is 153 Å². The zero-order valence-corrected chi connectivity index (χ0v) is 14.8. The lowest BCUT2D eigenvalue weighted by molar-refractivity contribution is 0.768. The topological polar surface area (TPSA) is 81.4 Å². The summed E-state index contributed by atoms with van der Waals surface area (Å²) in [7, 11) is 1.81. The average molecular weight is 367 g/mol.